The average molecular weight is 277 g/mol. The van der Waals surface area contributed by atoms with Crippen LogP contribution in [0.1, 0.15) is 16.1 Å². The molecule has 1 heterocycles. The number of carbonyl (C=O) groups excluding carboxylic acids is 1. The topological polar surface area (TPSA) is 136 Å². The Kier molecular flexibility index (Phi) is 3.62. The fraction of sp³-hybridized carbons (Fsp3) is 0.0909. The van der Waals surface area contributed by atoms with Crippen molar-refractivity contribution in [3.63, 3.8) is 0 Å². The number of carbonyl (C=O) groups is 1. The maximum absolute atomic E-state index is 12.1. The number of anilines is 2. The molecule has 0 unspecified atom stereocenters. The lowest BCUT2D eigenvalue weighted by molar-refractivity contribution is -0.384. The van der Waals surface area contributed by atoms with Crippen molar-refractivity contribution in [2.45, 2.75) is 6.92 Å². The van der Waals surface area contributed by atoms with Crippen molar-refractivity contribution in [3.8, 4) is 0 Å². The first-order chi connectivity index (χ1) is 9.51. The van der Waals surface area contributed by atoms with Crippen molar-refractivity contribution in [3.05, 3.63) is 45.7 Å². The van der Waals surface area contributed by atoms with Crippen molar-refractivity contribution < 1.29 is 14.2 Å². The lowest BCUT2D eigenvalue weighted by Gasteiger charge is -2.07. The van der Waals surface area contributed by atoms with E-state index in [0.717, 1.165) is 6.07 Å². The molecule has 1 aromatic heterocycles. The van der Waals surface area contributed by atoms with Crippen LogP contribution in [0.25, 0.3) is 0 Å². The molecule has 104 valence electrons. The van der Waals surface area contributed by atoms with Crippen molar-refractivity contribution in [2.75, 3.05) is 10.7 Å². The smallest absolute Gasteiger partial charge is 0.270 e. The van der Waals surface area contributed by atoms with Gasteiger partial charge < -0.3 is 15.3 Å². The van der Waals surface area contributed by atoms with E-state index >= 15 is 0 Å². The zero-order chi connectivity index (χ0) is 14.7. The second-order valence-corrected chi connectivity index (χ2v) is 3.91. The number of aromatic nitrogens is 1. The van der Waals surface area contributed by atoms with Gasteiger partial charge in [0, 0.05) is 18.2 Å². The van der Waals surface area contributed by atoms with Crippen LogP contribution in [-0.4, -0.2) is 16.0 Å². The van der Waals surface area contributed by atoms with Gasteiger partial charge in [0.05, 0.1) is 16.2 Å². The fourth-order valence-corrected chi connectivity index (χ4v) is 1.57. The summed E-state index contributed by atoms with van der Waals surface area (Å²) in [7, 11) is 0. The van der Waals surface area contributed by atoms with Gasteiger partial charge in [-0.25, -0.2) is 0 Å². The number of amides is 1. The van der Waals surface area contributed by atoms with E-state index in [0.29, 0.717) is 5.76 Å². The zero-order valence-corrected chi connectivity index (χ0v) is 10.4. The molecule has 9 heteroatoms. The summed E-state index contributed by atoms with van der Waals surface area (Å²) in [6, 6.07) is 5.23. The number of aryl methyl sites for hydroxylation is 1. The summed E-state index contributed by atoms with van der Waals surface area (Å²) in [4.78, 5) is 22.2. The normalized spacial score (nSPS) is 10.1. The van der Waals surface area contributed by atoms with Crippen LogP contribution in [-0.2, 0) is 0 Å². The molecule has 0 radical (unpaired) electrons. The summed E-state index contributed by atoms with van der Waals surface area (Å²) in [6.07, 6.45) is 0. The summed E-state index contributed by atoms with van der Waals surface area (Å²) in [6.45, 7) is 1.67. The summed E-state index contributed by atoms with van der Waals surface area (Å²) < 4.78 is 4.81. The third kappa shape index (κ3) is 2.72. The van der Waals surface area contributed by atoms with Gasteiger partial charge in [0.2, 0.25) is 0 Å². The molecule has 1 aromatic carbocycles. The van der Waals surface area contributed by atoms with Crippen LogP contribution in [0.15, 0.2) is 28.8 Å². The molecule has 0 saturated heterocycles. The number of nitro benzene ring substituents is 1. The third-order valence-electron chi connectivity index (χ3n) is 2.48. The molecule has 0 fully saturated rings. The van der Waals surface area contributed by atoms with Crippen molar-refractivity contribution in [1.82, 2.24) is 5.16 Å². The number of hydrogen-bond donors (Lipinski definition) is 3. The Labute approximate surface area is 112 Å². The number of nitrogens with one attached hydrogen (secondary N) is 2. The van der Waals surface area contributed by atoms with E-state index in [2.05, 4.69) is 15.9 Å². The van der Waals surface area contributed by atoms with E-state index in [9.17, 15) is 14.9 Å². The van der Waals surface area contributed by atoms with Gasteiger partial charge in [-0.05, 0) is 13.0 Å². The minimum Gasteiger partial charge on any atom is -0.360 e. The molecule has 9 nitrogen and oxygen atoms in total. The molecule has 0 aliphatic carbocycles. The highest BCUT2D eigenvalue weighted by atomic mass is 16.6. The number of hydrogen-bond acceptors (Lipinski definition) is 7. The van der Waals surface area contributed by atoms with Crippen LogP contribution < -0.4 is 16.6 Å². The minimum absolute atomic E-state index is 0.0300. The number of nitrogens with zero attached hydrogens (tertiary/aromatic N) is 2. The van der Waals surface area contributed by atoms with Gasteiger partial charge in [-0.3, -0.25) is 20.8 Å². The number of hydrazine groups is 1. The molecule has 1 amide bonds. The molecule has 20 heavy (non-hydrogen) atoms. The molecule has 0 atom stereocenters. The molecule has 0 aliphatic heterocycles. The predicted octanol–water partition coefficient (Wildman–Crippen LogP) is 1.43. The number of non-ortho nitro benzene ring substituents is 1. The summed E-state index contributed by atoms with van der Waals surface area (Å²) in [5.41, 5.74) is 2.38. The van der Waals surface area contributed by atoms with Crippen molar-refractivity contribution in [1.29, 1.82) is 0 Å². The molecule has 2 rings (SSSR count). The fourth-order valence-electron chi connectivity index (χ4n) is 1.57. The van der Waals surface area contributed by atoms with Crippen LogP contribution in [0.5, 0.6) is 0 Å². The van der Waals surface area contributed by atoms with Crippen LogP contribution in [0.4, 0.5) is 17.2 Å². The maximum Gasteiger partial charge on any atom is 0.270 e. The first-order valence-electron chi connectivity index (χ1n) is 5.51. The quantitative estimate of drug-likeness (QED) is 0.436. The largest absolute Gasteiger partial charge is 0.360 e. The van der Waals surface area contributed by atoms with Gasteiger partial charge in [0.25, 0.3) is 11.6 Å². The highest BCUT2D eigenvalue weighted by molar-refractivity contribution is 6.08. The Hall–Kier alpha value is -2.94. The van der Waals surface area contributed by atoms with Crippen LogP contribution >= 0.6 is 0 Å². The van der Waals surface area contributed by atoms with Gasteiger partial charge in [-0.15, -0.1) is 0 Å². The highest BCUT2D eigenvalue weighted by Gasteiger charge is 2.17. The van der Waals surface area contributed by atoms with E-state index in [4.69, 9.17) is 10.4 Å². The molecule has 0 bridgehead atoms. The zero-order valence-electron chi connectivity index (χ0n) is 10.4. The Balaban J connectivity index is 2.32. The average Bonchev–Trinajstić information content (AvgIpc) is 2.83. The lowest BCUT2D eigenvalue weighted by atomic mass is 10.1. The SMILES string of the molecule is Cc1cc(NC(=O)c2cc([N+](=O)[O-])ccc2NN)no1. The monoisotopic (exact) mass is 277 g/mol. The molecule has 0 spiro atoms. The van der Waals surface area contributed by atoms with E-state index in [-0.39, 0.29) is 22.8 Å². The molecule has 4 N–H and O–H groups in total. The Morgan fingerprint density at radius 2 is 2.20 bits per heavy atom. The molecular weight excluding hydrogens is 266 g/mol. The highest BCUT2D eigenvalue weighted by Crippen LogP contribution is 2.22. The Bertz CT molecular complexity index is 667. The second kappa shape index (κ2) is 5.36. The second-order valence-electron chi connectivity index (χ2n) is 3.91. The number of nitrogens with two attached hydrogens (primary N) is 1. The van der Waals surface area contributed by atoms with Gasteiger partial charge in [-0.1, -0.05) is 5.16 Å². The first-order valence-corrected chi connectivity index (χ1v) is 5.51. The Morgan fingerprint density at radius 3 is 2.75 bits per heavy atom. The van der Waals surface area contributed by atoms with Crippen LogP contribution in [0.3, 0.4) is 0 Å². The number of nitro groups is 1. The van der Waals surface area contributed by atoms with E-state index in [1.807, 2.05) is 0 Å². The standard InChI is InChI=1S/C11H11N5O4/c1-6-4-10(15-20-6)13-11(17)8-5-7(16(18)19)2-3-9(8)14-12/h2-5,14H,12H2,1H3,(H,13,15,17). The summed E-state index contributed by atoms with van der Waals surface area (Å²) in [5, 5.41) is 16.8. The molecule has 2 aromatic rings. The lowest BCUT2D eigenvalue weighted by Crippen LogP contribution is -2.17. The summed E-state index contributed by atoms with van der Waals surface area (Å²) in [5.74, 6) is 5.42. The predicted molar refractivity (Wildman–Crippen MR) is 70.1 cm³/mol. The first kappa shape index (κ1) is 13.5. The molecular formula is C11H11N5O4. The molecule has 0 aliphatic rings. The van der Waals surface area contributed by atoms with E-state index < -0.39 is 10.8 Å². The van der Waals surface area contributed by atoms with E-state index in [1.54, 1.807) is 6.92 Å². The Morgan fingerprint density at radius 1 is 1.45 bits per heavy atom. The third-order valence-corrected chi connectivity index (χ3v) is 2.48. The van der Waals surface area contributed by atoms with Crippen LogP contribution in [0, 0.1) is 17.0 Å². The van der Waals surface area contributed by atoms with Crippen LogP contribution in [0.2, 0.25) is 0 Å². The van der Waals surface area contributed by atoms with Gasteiger partial charge in [0.1, 0.15) is 5.76 Å². The summed E-state index contributed by atoms with van der Waals surface area (Å²) >= 11 is 0. The molecule has 0 saturated carbocycles. The minimum atomic E-state index is -0.600. The van der Waals surface area contributed by atoms with Gasteiger partial charge in [0.15, 0.2) is 5.82 Å². The van der Waals surface area contributed by atoms with Gasteiger partial charge in [-0.2, -0.15) is 0 Å². The van der Waals surface area contributed by atoms with Crippen molar-refractivity contribution >= 4 is 23.1 Å². The maximum atomic E-state index is 12.1. The number of rotatable bonds is 4. The van der Waals surface area contributed by atoms with Crippen molar-refractivity contribution in [2.24, 2.45) is 5.84 Å². The van der Waals surface area contributed by atoms with E-state index in [1.165, 1.54) is 18.2 Å². The van der Waals surface area contributed by atoms with Gasteiger partial charge >= 0.3 is 0 Å². The number of nitrogen functional groups attached to an aromatic ring is 1. The number of benzene rings is 1.